The molecule has 24 heavy (non-hydrogen) atoms. The lowest BCUT2D eigenvalue weighted by atomic mass is 10.2. The third-order valence-corrected chi connectivity index (χ3v) is 6.23. The molecule has 1 aliphatic rings. The second-order valence-electron chi connectivity index (χ2n) is 5.44. The van der Waals surface area contributed by atoms with Crippen LogP contribution >= 0.6 is 11.6 Å². The number of sulfonamides is 1. The number of hydrogen-bond acceptors (Lipinski definition) is 3. The van der Waals surface area contributed by atoms with Crippen molar-refractivity contribution in [1.82, 2.24) is 9.21 Å². The molecule has 0 bridgehead atoms. The lowest BCUT2D eigenvalue weighted by Gasteiger charge is -2.34. The average molecular weight is 385 g/mol. The van der Waals surface area contributed by atoms with Crippen molar-refractivity contribution in [2.45, 2.75) is 24.4 Å². The Morgan fingerprint density at radius 1 is 1.21 bits per heavy atom. The zero-order valence-corrected chi connectivity index (χ0v) is 14.4. The first-order chi connectivity index (χ1) is 11.0. The van der Waals surface area contributed by atoms with Gasteiger partial charge in [-0.1, -0.05) is 17.7 Å². The topological polar surface area (TPSA) is 57.7 Å². The molecule has 1 heterocycles. The fourth-order valence-electron chi connectivity index (χ4n) is 2.47. The molecule has 1 fully saturated rings. The normalized spacial score (nSPS) is 17.1. The van der Waals surface area contributed by atoms with Gasteiger partial charge in [0.1, 0.15) is 6.42 Å². The Labute approximate surface area is 143 Å². The predicted octanol–water partition coefficient (Wildman–Crippen LogP) is 2.43. The second-order valence-corrected chi connectivity index (χ2v) is 7.75. The third-order valence-electron chi connectivity index (χ3n) is 3.78. The van der Waals surface area contributed by atoms with E-state index in [1.54, 1.807) is 13.0 Å². The molecule has 0 N–H and O–H groups in total. The summed E-state index contributed by atoms with van der Waals surface area (Å²) in [6, 6.07) is 4.52. The maximum atomic E-state index is 12.6. The van der Waals surface area contributed by atoms with Crippen LogP contribution in [0.5, 0.6) is 0 Å². The van der Waals surface area contributed by atoms with Crippen LogP contribution in [0.15, 0.2) is 23.1 Å². The Hall–Kier alpha value is -1.32. The van der Waals surface area contributed by atoms with Crippen molar-refractivity contribution in [2.24, 2.45) is 0 Å². The number of alkyl halides is 3. The van der Waals surface area contributed by atoms with Gasteiger partial charge in [-0.2, -0.15) is 17.5 Å². The number of piperazine rings is 1. The first kappa shape index (κ1) is 19.0. The molecule has 0 spiro atoms. The van der Waals surface area contributed by atoms with Crippen LogP contribution in [0.2, 0.25) is 5.02 Å². The average Bonchev–Trinajstić information content (AvgIpc) is 2.48. The molecule has 0 radical (unpaired) electrons. The fourth-order valence-corrected chi connectivity index (χ4v) is 4.37. The van der Waals surface area contributed by atoms with Crippen LogP contribution in [0.4, 0.5) is 13.2 Å². The summed E-state index contributed by atoms with van der Waals surface area (Å²) in [6.45, 7) is 1.32. The smallest absolute Gasteiger partial charge is 0.340 e. The minimum atomic E-state index is -4.57. The first-order valence-electron chi connectivity index (χ1n) is 7.12. The van der Waals surface area contributed by atoms with E-state index in [2.05, 4.69) is 0 Å². The van der Waals surface area contributed by atoms with Crippen molar-refractivity contribution < 1.29 is 26.4 Å². The van der Waals surface area contributed by atoms with Crippen LogP contribution in [0.3, 0.4) is 0 Å². The standard InChI is InChI=1S/C14H16ClF3N2O3S/c1-10-11(15)3-2-4-12(10)24(22,23)20-7-5-19(6-8-20)13(21)9-14(16,17)18/h2-4H,5-9H2,1H3. The van der Waals surface area contributed by atoms with E-state index in [9.17, 15) is 26.4 Å². The minimum absolute atomic E-state index is 0.0577. The highest BCUT2D eigenvalue weighted by molar-refractivity contribution is 7.89. The number of halogens is 4. The summed E-state index contributed by atoms with van der Waals surface area (Å²) in [7, 11) is -3.81. The molecule has 0 saturated carbocycles. The second kappa shape index (κ2) is 6.89. The van der Waals surface area contributed by atoms with Crippen LogP contribution in [0.25, 0.3) is 0 Å². The van der Waals surface area contributed by atoms with Gasteiger partial charge in [-0.05, 0) is 24.6 Å². The van der Waals surface area contributed by atoms with Crippen molar-refractivity contribution in [3.63, 3.8) is 0 Å². The van der Waals surface area contributed by atoms with Crippen LogP contribution in [-0.2, 0) is 14.8 Å². The summed E-state index contributed by atoms with van der Waals surface area (Å²) in [5, 5.41) is 0.315. The number of benzene rings is 1. The fraction of sp³-hybridized carbons (Fsp3) is 0.500. The van der Waals surface area contributed by atoms with Gasteiger partial charge in [0.15, 0.2) is 0 Å². The molecular formula is C14H16ClF3N2O3S. The molecule has 10 heteroatoms. The lowest BCUT2D eigenvalue weighted by molar-refractivity contribution is -0.162. The summed E-state index contributed by atoms with van der Waals surface area (Å²) in [4.78, 5) is 12.7. The van der Waals surface area contributed by atoms with E-state index in [-0.39, 0.29) is 31.1 Å². The number of carbonyl (C=O) groups excluding carboxylic acids is 1. The zero-order valence-electron chi connectivity index (χ0n) is 12.8. The zero-order chi connectivity index (χ0) is 18.1. The van der Waals surface area contributed by atoms with Crippen LogP contribution < -0.4 is 0 Å². The molecule has 1 saturated heterocycles. The van der Waals surface area contributed by atoms with Gasteiger partial charge in [-0.3, -0.25) is 4.79 Å². The largest absolute Gasteiger partial charge is 0.397 e. The summed E-state index contributed by atoms with van der Waals surface area (Å²) >= 11 is 5.94. The molecular weight excluding hydrogens is 369 g/mol. The molecule has 1 aromatic rings. The summed E-state index contributed by atoms with van der Waals surface area (Å²) in [5.74, 6) is -1.04. The minimum Gasteiger partial charge on any atom is -0.340 e. The quantitative estimate of drug-likeness (QED) is 0.804. The van der Waals surface area contributed by atoms with Gasteiger partial charge in [0.2, 0.25) is 15.9 Å². The van der Waals surface area contributed by atoms with E-state index in [4.69, 9.17) is 11.6 Å². The van der Waals surface area contributed by atoms with Crippen molar-refractivity contribution in [1.29, 1.82) is 0 Å². The summed E-state index contributed by atoms with van der Waals surface area (Å²) < 4.78 is 63.2. The lowest BCUT2D eigenvalue weighted by Crippen LogP contribution is -2.51. The van der Waals surface area contributed by atoms with Crippen LogP contribution in [0, 0.1) is 6.92 Å². The third kappa shape index (κ3) is 4.20. The van der Waals surface area contributed by atoms with E-state index in [0.29, 0.717) is 10.6 Å². The molecule has 5 nitrogen and oxygen atoms in total. The summed E-state index contributed by atoms with van der Waals surface area (Å²) in [5.41, 5.74) is 0.412. The van der Waals surface area contributed by atoms with Crippen molar-refractivity contribution >= 4 is 27.5 Å². The first-order valence-corrected chi connectivity index (χ1v) is 8.94. The number of nitrogens with zero attached hydrogens (tertiary/aromatic N) is 2. The predicted molar refractivity (Wildman–Crippen MR) is 82.2 cm³/mol. The van der Waals surface area contributed by atoms with Gasteiger partial charge in [0.05, 0.1) is 4.90 Å². The van der Waals surface area contributed by atoms with Gasteiger partial charge in [0.25, 0.3) is 0 Å². The maximum Gasteiger partial charge on any atom is 0.397 e. The van der Waals surface area contributed by atoms with Crippen LogP contribution in [0.1, 0.15) is 12.0 Å². The van der Waals surface area contributed by atoms with Crippen molar-refractivity contribution in [2.75, 3.05) is 26.2 Å². The molecule has 134 valence electrons. The summed E-state index contributed by atoms with van der Waals surface area (Å²) in [6.07, 6.45) is -6.11. The Bertz CT molecular complexity index is 729. The van der Waals surface area contributed by atoms with E-state index >= 15 is 0 Å². The monoisotopic (exact) mass is 384 g/mol. The maximum absolute atomic E-state index is 12.6. The van der Waals surface area contributed by atoms with Gasteiger partial charge >= 0.3 is 6.18 Å². The van der Waals surface area contributed by atoms with Crippen LogP contribution in [-0.4, -0.2) is 55.9 Å². The number of carbonyl (C=O) groups is 1. The Morgan fingerprint density at radius 2 is 1.79 bits per heavy atom. The number of rotatable bonds is 3. The van der Waals surface area contributed by atoms with E-state index in [1.165, 1.54) is 12.1 Å². The molecule has 0 aliphatic carbocycles. The molecule has 1 aromatic carbocycles. The Morgan fingerprint density at radius 3 is 2.33 bits per heavy atom. The van der Waals surface area contributed by atoms with E-state index in [1.807, 2.05) is 0 Å². The highest BCUT2D eigenvalue weighted by Gasteiger charge is 2.36. The molecule has 0 atom stereocenters. The van der Waals surface area contributed by atoms with Gasteiger partial charge in [-0.25, -0.2) is 8.42 Å². The molecule has 0 unspecified atom stereocenters. The molecule has 0 aromatic heterocycles. The van der Waals surface area contributed by atoms with Crippen molar-refractivity contribution in [3.8, 4) is 0 Å². The molecule has 1 aliphatic heterocycles. The highest BCUT2D eigenvalue weighted by atomic mass is 35.5. The highest BCUT2D eigenvalue weighted by Crippen LogP contribution is 2.27. The van der Waals surface area contributed by atoms with E-state index < -0.39 is 28.5 Å². The van der Waals surface area contributed by atoms with Crippen molar-refractivity contribution in [3.05, 3.63) is 28.8 Å². The van der Waals surface area contributed by atoms with E-state index in [0.717, 1.165) is 9.21 Å². The SMILES string of the molecule is Cc1c(Cl)cccc1S(=O)(=O)N1CCN(C(=O)CC(F)(F)F)CC1. The number of hydrogen-bond donors (Lipinski definition) is 0. The molecule has 1 amide bonds. The Kier molecular flexibility index (Phi) is 5.46. The number of amides is 1. The van der Waals surface area contributed by atoms with Gasteiger partial charge < -0.3 is 4.90 Å². The van der Waals surface area contributed by atoms with Gasteiger partial charge in [0, 0.05) is 31.2 Å². The van der Waals surface area contributed by atoms with Gasteiger partial charge in [-0.15, -0.1) is 0 Å². The molecule has 2 rings (SSSR count). The Balaban J connectivity index is 2.09.